The second-order valence-corrected chi connectivity index (χ2v) is 6.89. The maximum Gasteiger partial charge on any atom is 0.233 e. The molecule has 1 aromatic heterocycles. The average Bonchev–Trinajstić information content (AvgIpc) is 3.16. The van der Waals surface area contributed by atoms with Crippen molar-refractivity contribution in [2.24, 2.45) is 0 Å². The van der Waals surface area contributed by atoms with Crippen LogP contribution in [0.3, 0.4) is 0 Å². The topological polar surface area (TPSA) is 63.4 Å². The zero-order valence-electron chi connectivity index (χ0n) is 15.8. The zero-order chi connectivity index (χ0) is 18.1. The van der Waals surface area contributed by atoms with Gasteiger partial charge in [0.1, 0.15) is 5.75 Å². The standard InChI is InChI=1S/C20H24N4O2.ClH/c1-13(14-4-5-16-11-17(25-3)7-6-15(16)10-14)20-22-19(23-26-20)18-12-21-8-9-24(18)2;/h4-7,10-11,13,18,21H,8-9,12H2,1-3H3;1H. The van der Waals surface area contributed by atoms with Gasteiger partial charge in [-0.15, -0.1) is 12.4 Å². The fourth-order valence-electron chi connectivity index (χ4n) is 3.43. The summed E-state index contributed by atoms with van der Waals surface area (Å²) in [6, 6.07) is 12.7. The summed E-state index contributed by atoms with van der Waals surface area (Å²) in [6.45, 7) is 4.93. The van der Waals surface area contributed by atoms with Gasteiger partial charge in [0.05, 0.1) is 19.1 Å². The number of benzene rings is 2. The van der Waals surface area contributed by atoms with Crippen molar-refractivity contribution < 1.29 is 9.26 Å². The summed E-state index contributed by atoms with van der Waals surface area (Å²) in [4.78, 5) is 6.95. The van der Waals surface area contributed by atoms with Crippen molar-refractivity contribution in [3.8, 4) is 5.75 Å². The second-order valence-electron chi connectivity index (χ2n) is 6.89. The quantitative estimate of drug-likeness (QED) is 0.739. The molecule has 0 radical (unpaired) electrons. The van der Waals surface area contributed by atoms with Crippen molar-refractivity contribution in [3.05, 3.63) is 53.7 Å². The number of hydrogen-bond donors (Lipinski definition) is 1. The molecule has 0 bridgehead atoms. The molecule has 6 nitrogen and oxygen atoms in total. The van der Waals surface area contributed by atoms with Crippen molar-refractivity contribution >= 4 is 23.2 Å². The van der Waals surface area contributed by atoms with Crippen LogP contribution >= 0.6 is 12.4 Å². The van der Waals surface area contributed by atoms with E-state index in [2.05, 4.69) is 58.6 Å². The molecule has 1 aliphatic rings. The van der Waals surface area contributed by atoms with E-state index in [1.807, 2.05) is 12.1 Å². The maximum atomic E-state index is 5.60. The Morgan fingerprint density at radius 3 is 2.78 bits per heavy atom. The number of piperazine rings is 1. The number of methoxy groups -OCH3 is 1. The molecule has 1 saturated heterocycles. The predicted octanol–water partition coefficient (Wildman–Crippen LogP) is 3.38. The van der Waals surface area contributed by atoms with Gasteiger partial charge in [-0.3, -0.25) is 4.90 Å². The third-order valence-corrected chi connectivity index (χ3v) is 5.21. The Morgan fingerprint density at radius 1 is 1.22 bits per heavy atom. The number of rotatable bonds is 4. The van der Waals surface area contributed by atoms with Crippen LogP contribution in [0.4, 0.5) is 0 Å². The molecule has 3 aromatic rings. The van der Waals surface area contributed by atoms with Crippen molar-refractivity contribution in [3.63, 3.8) is 0 Å². The molecule has 144 valence electrons. The first-order valence-corrected chi connectivity index (χ1v) is 8.98. The molecule has 2 unspecified atom stereocenters. The lowest BCUT2D eigenvalue weighted by atomic mass is 9.97. The van der Waals surface area contributed by atoms with Gasteiger partial charge in [-0.1, -0.05) is 29.4 Å². The molecule has 0 saturated carbocycles. The van der Waals surface area contributed by atoms with Gasteiger partial charge in [0.25, 0.3) is 0 Å². The minimum Gasteiger partial charge on any atom is -0.497 e. The fourth-order valence-corrected chi connectivity index (χ4v) is 3.43. The highest BCUT2D eigenvalue weighted by molar-refractivity contribution is 5.85. The van der Waals surface area contributed by atoms with Crippen LogP contribution in [-0.4, -0.2) is 48.8 Å². The van der Waals surface area contributed by atoms with Crippen LogP contribution in [0.25, 0.3) is 10.8 Å². The number of aromatic nitrogens is 2. The lowest BCUT2D eigenvalue weighted by molar-refractivity contribution is 0.190. The first kappa shape index (κ1) is 19.6. The first-order valence-electron chi connectivity index (χ1n) is 8.98. The van der Waals surface area contributed by atoms with Gasteiger partial charge in [0.15, 0.2) is 5.82 Å². The SMILES string of the molecule is COc1ccc2cc(C(C)c3nc(C4CNCCN4C)no3)ccc2c1.Cl. The van der Waals surface area contributed by atoms with Crippen molar-refractivity contribution in [2.45, 2.75) is 18.9 Å². The Hall–Kier alpha value is -2.15. The Labute approximate surface area is 165 Å². The molecule has 0 aliphatic carbocycles. The molecule has 0 spiro atoms. The molecule has 27 heavy (non-hydrogen) atoms. The highest BCUT2D eigenvalue weighted by Crippen LogP contribution is 2.29. The lowest BCUT2D eigenvalue weighted by Crippen LogP contribution is -2.44. The van der Waals surface area contributed by atoms with Crippen LogP contribution in [0, 0.1) is 0 Å². The molecule has 2 aromatic carbocycles. The van der Waals surface area contributed by atoms with Gasteiger partial charge in [-0.25, -0.2) is 0 Å². The third kappa shape index (κ3) is 3.93. The minimum absolute atomic E-state index is 0. The van der Waals surface area contributed by atoms with Crippen LogP contribution in [0.15, 0.2) is 40.9 Å². The van der Waals surface area contributed by atoms with E-state index in [1.54, 1.807) is 7.11 Å². The van der Waals surface area contributed by atoms with Gasteiger partial charge < -0.3 is 14.6 Å². The second kappa shape index (κ2) is 8.25. The molecule has 7 heteroatoms. The number of nitrogens with zero attached hydrogens (tertiary/aromatic N) is 3. The Kier molecular flexibility index (Phi) is 5.99. The molecule has 0 amide bonds. The first-order chi connectivity index (χ1) is 12.7. The average molecular weight is 389 g/mol. The molecular weight excluding hydrogens is 364 g/mol. The molecule has 1 fully saturated rings. The predicted molar refractivity (Wildman–Crippen MR) is 108 cm³/mol. The molecule has 2 atom stereocenters. The smallest absolute Gasteiger partial charge is 0.233 e. The normalized spacial score (nSPS) is 18.9. The van der Waals surface area contributed by atoms with Gasteiger partial charge in [0, 0.05) is 19.6 Å². The van der Waals surface area contributed by atoms with Crippen LogP contribution in [0.2, 0.25) is 0 Å². The van der Waals surface area contributed by atoms with Gasteiger partial charge >= 0.3 is 0 Å². The summed E-state index contributed by atoms with van der Waals surface area (Å²) in [7, 11) is 3.78. The summed E-state index contributed by atoms with van der Waals surface area (Å²) >= 11 is 0. The number of nitrogens with one attached hydrogen (secondary N) is 1. The van der Waals surface area contributed by atoms with Gasteiger partial charge in [0.2, 0.25) is 5.89 Å². The van der Waals surface area contributed by atoms with Crippen LogP contribution in [0.1, 0.15) is 36.2 Å². The minimum atomic E-state index is 0. The molecule has 1 aliphatic heterocycles. The van der Waals surface area contributed by atoms with E-state index in [4.69, 9.17) is 9.26 Å². The van der Waals surface area contributed by atoms with E-state index in [1.165, 1.54) is 5.39 Å². The monoisotopic (exact) mass is 388 g/mol. The van der Waals surface area contributed by atoms with Crippen molar-refractivity contribution in [1.29, 1.82) is 0 Å². The van der Waals surface area contributed by atoms with E-state index in [9.17, 15) is 0 Å². The summed E-state index contributed by atoms with van der Waals surface area (Å²) < 4.78 is 10.9. The van der Waals surface area contributed by atoms with E-state index >= 15 is 0 Å². The van der Waals surface area contributed by atoms with Crippen LogP contribution in [0.5, 0.6) is 5.75 Å². The van der Waals surface area contributed by atoms with Crippen molar-refractivity contribution in [2.75, 3.05) is 33.8 Å². The maximum absolute atomic E-state index is 5.60. The summed E-state index contributed by atoms with van der Waals surface area (Å²) in [6.07, 6.45) is 0. The number of likely N-dealkylation sites (N-methyl/N-ethyl adjacent to an activating group) is 1. The van der Waals surface area contributed by atoms with E-state index < -0.39 is 0 Å². The highest BCUT2D eigenvalue weighted by Gasteiger charge is 2.26. The Bertz CT molecular complexity index is 914. The third-order valence-electron chi connectivity index (χ3n) is 5.21. The van der Waals surface area contributed by atoms with E-state index in [0.29, 0.717) is 5.89 Å². The van der Waals surface area contributed by atoms with Gasteiger partial charge in [-0.2, -0.15) is 4.98 Å². The lowest BCUT2D eigenvalue weighted by Gasteiger charge is -2.30. The summed E-state index contributed by atoms with van der Waals surface area (Å²) in [5, 5.41) is 9.95. The molecular formula is C20H25ClN4O2. The van der Waals surface area contributed by atoms with Crippen molar-refractivity contribution in [1.82, 2.24) is 20.4 Å². The largest absolute Gasteiger partial charge is 0.497 e. The van der Waals surface area contributed by atoms with Gasteiger partial charge in [-0.05, 0) is 42.4 Å². The van der Waals surface area contributed by atoms with Crippen LogP contribution in [-0.2, 0) is 0 Å². The Balaban J connectivity index is 0.00000210. The number of ether oxygens (including phenoxy) is 1. The zero-order valence-corrected chi connectivity index (χ0v) is 16.6. The summed E-state index contributed by atoms with van der Waals surface area (Å²) in [5.74, 6) is 2.33. The fraction of sp³-hybridized carbons (Fsp3) is 0.400. The summed E-state index contributed by atoms with van der Waals surface area (Å²) in [5.41, 5.74) is 1.16. The Morgan fingerprint density at radius 2 is 2.00 bits per heavy atom. The number of halogens is 1. The van der Waals surface area contributed by atoms with E-state index in [0.717, 1.165) is 42.2 Å². The molecule has 4 rings (SSSR count). The highest BCUT2D eigenvalue weighted by atomic mass is 35.5. The van der Waals surface area contributed by atoms with Crippen LogP contribution < -0.4 is 10.1 Å². The van der Waals surface area contributed by atoms with E-state index in [-0.39, 0.29) is 24.4 Å². The molecule has 1 N–H and O–H groups in total. The number of hydrogen-bond acceptors (Lipinski definition) is 6. The number of fused-ring (bicyclic) bond motifs is 1. The molecule has 2 heterocycles.